The van der Waals surface area contributed by atoms with Crippen molar-refractivity contribution in [2.24, 2.45) is 0 Å². The average molecular weight is 284 g/mol. The van der Waals surface area contributed by atoms with Gasteiger partial charge in [0.1, 0.15) is 0 Å². The van der Waals surface area contributed by atoms with Crippen LogP contribution < -0.4 is 5.73 Å². The van der Waals surface area contributed by atoms with Gasteiger partial charge in [-0.3, -0.25) is 0 Å². The van der Waals surface area contributed by atoms with Crippen LogP contribution in [0.2, 0.25) is 0 Å². The molecular weight excluding hydrogens is 272 g/mol. The minimum atomic E-state index is -0.977. The number of aromatic carboxylic acids is 2. The molecule has 0 aromatic heterocycles. The fourth-order valence-corrected chi connectivity index (χ4v) is 1.31. The van der Waals surface area contributed by atoms with E-state index in [1.165, 1.54) is 36.4 Å². The van der Waals surface area contributed by atoms with Crippen LogP contribution in [0.25, 0.3) is 0 Å². The first-order chi connectivity index (χ1) is 9.93. The quantitative estimate of drug-likeness (QED) is 0.726. The van der Waals surface area contributed by atoms with E-state index in [1.807, 2.05) is 6.07 Å². The molecule has 0 bridgehead atoms. The minimum absolute atomic E-state index is 0.198. The van der Waals surface area contributed by atoms with Gasteiger partial charge < -0.3 is 15.9 Å². The second kappa shape index (κ2) is 7.31. The molecule has 0 aliphatic rings. The van der Waals surface area contributed by atoms with Gasteiger partial charge in [-0.05, 0) is 48.5 Å². The van der Waals surface area contributed by atoms with Gasteiger partial charge >= 0.3 is 11.9 Å². The number of hydrogen-bond donors (Lipinski definition) is 3. The van der Waals surface area contributed by atoms with Gasteiger partial charge in [-0.2, -0.15) is 5.26 Å². The van der Waals surface area contributed by atoms with Gasteiger partial charge in [0.05, 0.1) is 22.8 Å². The molecule has 0 heterocycles. The summed E-state index contributed by atoms with van der Waals surface area (Å²) < 4.78 is 0. The highest BCUT2D eigenvalue weighted by Crippen LogP contribution is 2.04. The Hall–Kier alpha value is -3.33. The highest BCUT2D eigenvalue weighted by Gasteiger charge is 2.00. The van der Waals surface area contributed by atoms with Gasteiger partial charge in [-0.1, -0.05) is 0 Å². The van der Waals surface area contributed by atoms with Crippen LogP contribution in [0.4, 0.5) is 5.69 Å². The molecule has 0 aliphatic carbocycles. The number of carboxylic acids is 2. The maximum Gasteiger partial charge on any atom is 0.335 e. The lowest BCUT2D eigenvalue weighted by Crippen LogP contribution is -1.95. The fourth-order valence-electron chi connectivity index (χ4n) is 1.31. The topological polar surface area (TPSA) is 124 Å². The third-order valence-corrected chi connectivity index (χ3v) is 2.42. The summed E-state index contributed by atoms with van der Waals surface area (Å²) in [5.74, 6) is -1.91. The molecule has 0 radical (unpaired) electrons. The Morgan fingerprint density at radius 2 is 1.24 bits per heavy atom. The number of rotatable bonds is 2. The molecule has 106 valence electrons. The lowest BCUT2D eigenvalue weighted by atomic mass is 10.1. The molecule has 0 aliphatic heterocycles. The Bertz CT molecular complexity index is 670. The van der Waals surface area contributed by atoms with Gasteiger partial charge in [-0.25, -0.2) is 9.59 Å². The number of nitrogen functional groups attached to an aromatic ring is 1. The molecule has 0 unspecified atom stereocenters. The number of nitrogens with zero attached hydrogens (tertiary/aromatic N) is 1. The summed E-state index contributed by atoms with van der Waals surface area (Å²) in [4.78, 5) is 20.6. The monoisotopic (exact) mass is 284 g/mol. The average Bonchev–Trinajstić information content (AvgIpc) is 2.48. The largest absolute Gasteiger partial charge is 0.478 e. The van der Waals surface area contributed by atoms with E-state index in [0.717, 1.165) is 0 Å². The highest BCUT2D eigenvalue weighted by molar-refractivity contribution is 5.88. The zero-order valence-electron chi connectivity index (χ0n) is 10.9. The summed E-state index contributed by atoms with van der Waals surface area (Å²) in [6.07, 6.45) is 0. The van der Waals surface area contributed by atoms with Gasteiger partial charge in [-0.15, -0.1) is 0 Å². The van der Waals surface area contributed by atoms with E-state index in [9.17, 15) is 9.59 Å². The molecule has 6 heteroatoms. The van der Waals surface area contributed by atoms with Crippen molar-refractivity contribution >= 4 is 17.6 Å². The minimum Gasteiger partial charge on any atom is -0.478 e. The summed E-state index contributed by atoms with van der Waals surface area (Å²) in [7, 11) is 0. The molecule has 4 N–H and O–H groups in total. The van der Waals surface area contributed by atoms with Gasteiger partial charge in [0.15, 0.2) is 0 Å². The lowest BCUT2D eigenvalue weighted by molar-refractivity contribution is 0.0686. The zero-order chi connectivity index (χ0) is 15.8. The molecule has 0 saturated heterocycles. The van der Waals surface area contributed by atoms with Crippen molar-refractivity contribution in [2.45, 2.75) is 0 Å². The van der Waals surface area contributed by atoms with Crippen molar-refractivity contribution in [1.82, 2.24) is 0 Å². The predicted octanol–water partition coefficient (Wildman–Crippen LogP) is 2.22. The fraction of sp³-hybridized carbons (Fsp3) is 0. The maximum atomic E-state index is 10.3. The van der Waals surface area contributed by atoms with Crippen LogP contribution in [0.1, 0.15) is 26.3 Å². The predicted molar refractivity (Wildman–Crippen MR) is 75.9 cm³/mol. The summed E-state index contributed by atoms with van der Waals surface area (Å²) in [6.45, 7) is 0. The van der Waals surface area contributed by atoms with E-state index in [-0.39, 0.29) is 11.1 Å². The molecule has 0 spiro atoms. The zero-order valence-corrected chi connectivity index (χ0v) is 10.9. The summed E-state index contributed by atoms with van der Waals surface area (Å²) in [5, 5.41) is 25.3. The van der Waals surface area contributed by atoms with Gasteiger partial charge in [0.2, 0.25) is 0 Å². The molecule has 2 aromatic carbocycles. The number of nitrogens with two attached hydrogens (primary N) is 1. The first kappa shape index (κ1) is 15.7. The van der Waals surface area contributed by atoms with Gasteiger partial charge in [0, 0.05) is 5.69 Å². The molecule has 0 amide bonds. The van der Waals surface area contributed by atoms with Crippen molar-refractivity contribution in [3.05, 3.63) is 65.2 Å². The third-order valence-electron chi connectivity index (χ3n) is 2.42. The van der Waals surface area contributed by atoms with E-state index < -0.39 is 11.9 Å². The Morgan fingerprint density at radius 1 is 0.857 bits per heavy atom. The Balaban J connectivity index is 0.000000211. The third kappa shape index (κ3) is 5.04. The number of carbonyl (C=O) groups is 2. The standard InChI is InChI=1S/C8H5NO2.C7H7NO2/c9-5-6-1-3-7(4-2-6)8(10)11;8-6-3-1-5(2-4-6)7(9)10/h1-4H,(H,10,11);1-4H,8H2,(H,9,10). The van der Waals surface area contributed by atoms with Crippen molar-refractivity contribution in [1.29, 1.82) is 5.26 Å². The van der Waals surface area contributed by atoms with E-state index in [1.54, 1.807) is 12.1 Å². The van der Waals surface area contributed by atoms with Crippen molar-refractivity contribution in [3.8, 4) is 6.07 Å². The maximum absolute atomic E-state index is 10.3. The smallest absolute Gasteiger partial charge is 0.335 e. The van der Waals surface area contributed by atoms with E-state index in [0.29, 0.717) is 11.3 Å². The van der Waals surface area contributed by atoms with E-state index in [2.05, 4.69) is 0 Å². The Kier molecular flexibility index (Phi) is 5.47. The second-order valence-electron chi connectivity index (χ2n) is 3.92. The van der Waals surface area contributed by atoms with E-state index in [4.69, 9.17) is 21.2 Å². The van der Waals surface area contributed by atoms with Crippen LogP contribution >= 0.6 is 0 Å². The number of carboxylic acid groups (broad SMARTS) is 2. The van der Waals surface area contributed by atoms with Gasteiger partial charge in [0.25, 0.3) is 0 Å². The van der Waals surface area contributed by atoms with Crippen LogP contribution in [0.5, 0.6) is 0 Å². The summed E-state index contributed by atoms with van der Waals surface area (Å²) in [6, 6.07) is 13.7. The van der Waals surface area contributed by atoms with Crippen LogP contribution in [-0.4, -0.2) is 22.2 Å². The summed E-state index contributed by atoms with van der Waals surface area (Å²) in [5.41, 5.74) is 6.83. The van der Waals surface area contributed by atoms with Crippen LogP contribution in [0, 0.1) is 11.3 Å². The molecule has 0 atom stereocenters. The Labute approximate surface area is 120 Å². The van der Waals surface area contributed by atoms with Crippen LogP contribution in [-0.2, 0) is 0 Å². The normalized spacial score (nSPS) is 8.90. The molecule has 0 saturated carbocycles. The van der Waals surface area contributed by atoms with Crippen molar-refractivity contribution < 1.29 is 19.8 Å². The molecule has 2 rings (SSSR count). The Morgan fingerprint density at radius 3 is 1.57 bits per heavy atom. The second-order valence-corrected chi connectivity index (χ2v) is 3.92. The lowest BCUT2D eigenvalue weighted by Gasteiger charge is -1.93. The molecule has 21 heavy (non-hydrogen) atoms. The number of benzene rings is 2. The first-order valence-electron chi connectivity index (χ1n) is 5.76. The van der Waals surface area contributed by atoms with E-state index >= 15 is 0 Å². The molecular formula is C15H12N2O4. The highest BCUT2D eigenvalue weighted by atomic mass is 16.4. The number of hydrogen-bond acceptors (Lipinski definition) is 4. The molecule has 0 fully saturated rings. The number of nitriles is 1. The van der Waals surface area contributed by atoms with Crippen molar-refractivity contribution in [3.63, 3.8) is 0 Å². The first-order valence-corrected chi connectivity index (χ1v) is 5.76. The molecule has 6 nitrogen and oxygen atoms in total. The van der Waals surface area contributed by atoms with Crippen LogP contribution in [0.3, 0.4) is 0 Å². The number of anilines is 1. The van der Waals surface area contributed by atoms with Crippen LogP contribution in [0.15, 0.2) is 48.5 Å². The van der Waals surface area contributed by atoms with Crippen molar-refractivity contribution in [2.75, 3.05) is 5.73 Å². The summed E-state index contributed by atoms with van der Waals surface area (Å²) >= 11 is 0. The SMILES string of the molecule is N#Cc1ccc(C(=O)O)cc1.Nc1ccc(C(=O)O)cc1. The molecule has 2 aromatic rings.